The van der Waals surface area contributed by atoms with Crippen molar-refractivity contribution in [1.29, 1.82) is 0 Å². The van der Waals surface area contributed by atoms with Gasteiger partial charge in [-0.2, -0.15) is 0 Å². The third-order valence-electron chi connectivity index (χ3n) is 7.55. The Morgan fingerprint density at radius 3 is 2.28 bits per heavy atom. The molecule has 2 aromatic rings. The van der Waals surface area contributed by atoms with Crippen LogP contribution in [0.4, 0.5) is 11.4 Å². The lowest BCUT2D eigenvalue weighted by atomic mass is 10.0. The number of anilines is 2. The predicted octanol–water partition coefficient (Wildman–Crippen LogP) is 3.46. The van der Waals surface area contributed by atoms with Crippen LogP contribution in [0.1, 0.15) is 30.7 Å². The van der Waals surface area contributed by atoms with Crippen LogP contribution < -0.4 is 15.5 Å². The van der Waals surface area contributed by atoms with Gasteiger partial charge < -0.3 is 25.3 Å². The highest BCUT2D eigenvalue weighted by Gasteiger charge is 2.39. The van der Waals surface area contributed by atoms with Crippen LogP contribution in [-0.2, 0) is 0 Å². The molecule has 0 amide bonds. The maximum atomic E-state index is 3.93. The molecule has 0 radical (unpaired) electrons. The van der Waals surface area contributed by atoms with E-state index in [-0.39, 0.29) is 0 Å². The molecule has 32 heavy (non-hydrogen) atoms. The lowest BCUT2D eigenvalue weighted by Crippen LogP contribution is -2.44. The van der Waals surface area contributed by atoms with Crippen molar-refractivity contribution in [2.24, 2.45) is 0 Å². The molecule has 1 saturated carbocycles. The summed E-state index contributed by atoms with van der Waals surface area (Å²) in [5.74, 6) is 0.737. The van der Waals surface area contributed by atoms with E-state index >= 15 is 0 Å². The summed E-state index contributed by atoms with van der Waals surface area (Å²) in [6.07, 6.45) is 3.86. The Morgan fingerprint density at radius 1 is 0.844 bits per heavy atom. The molecule has 0 unspecified atom stereocenters. The van der Waals surface area contributed by atoms with Crippen molar-refractivity contribution in [3.05, 3.63) is 60.2 Å². The van der Waals surface area contributed by atoms with Crippen LogP contribution in [0, 0.1) is 0 Å². The van der Waals surface area contributed by atoms with Crippen molar-refractivity contribution in [3.63, 3.8) is 0 Å². The number of hydrogen-bond donors (Lipinski definition) is 2. The van der Waals surface area contributed by atoms with Gasteiger partial charge in [0.2, 0.25) is 0 Å². The molecule has 3 aliphatic rings. The van der Waals surface area contributed by atoms with Crippen molar-refractivity contribution in [2.45, 2.75) is 37.3 Å². The molecule has 2 atom stereocenters. The van der Waals surface area contributed by atoms with Gasteiger partial charge in [0.15, 0.2) is 0 Å². The molecule has 5 heteroatoms. The van der Waals surface area contributed by atoms with E-state index in [9.17, 15) is 0 Å². The molecule has 0 spiro atoms. The maximum absolute atomic E-state index is 3.93. The molecule has 5 rings (SSSR count). The number of piperidine rings is 1. The van der Waals surface area contributed by atoms with Gasteiger partial charge in [0, 0.05) is 68.6 Å². The van der Waals surface area contributed by atoms with Crippen LogP contribution in [0.2, 0.25) is 0 Å². The number of likely N-dealkylation sites (N-methyl/N-ethyl adjacent to an activating group) is 1. The molecule has 2 heterocycles. The van der Waals surface area contributed by atoms with Crippen molar-refractivity contribution < 1.29 is 0 Å². The molecule has 1 aliphatic carbocycles. The van der Waals surface area contributed by atoms with E-state index in [1.807, 2.05) is 0 Å². The van der Waals surface area contributed by atoms with Crippen LogP contribution >= 0.6 is 0 Å². The Morgan fingerprint density at radius 2 is 1.56 bits per heavy atom. The second-order valence-corrected chi connectivity index (χ2v) is 9.91. The first kappa shape index (κ1) is 21.7. The van der Waals surface area contributed by atoms with Gasteiger partial charge in [0.05, 0.1) is 0 Å². The minimum atomic E-state index is 0.694. The molecular weight excluding hydrogens is 394 g/mol. The van der Waals surface area contributed by atoms with Gasteiger partial charge >= 0.3 is 0 Å². The average molecular weight is 434 g/mol. The molecule has 0 aromatic heterocycles. The van der Waals surface area contributed by atoms with E-state index in [1.54, 1.807) is 0 Å². The topological polar surface area (TPSA) is 33.8 Å². The minimum Gasteiger partial charge on any atom is -0.384 e. The third kappa shape index (κ3) is 5.64. The number of likely N-dealkylation sites (tertiary alicyclic amines) is 1. The largest absolute Gasteiger partial charge is 0.384 e. The highest BCUT2D eigenvalue weighted by atomic mass is 15.2. The van der Waals surface area contributed by atoms with Gasteiger partial charge in [0.25, 0.3) is 0 Å². The Balaban J connectivity index is 0.978. The first-order valence-corrected chi connectivity index (χ1v) is 12.6. The summed E-state index contributed by atoms with van der Waals surface area (Å²) in [5, 5.41) is 7.55. The van der Waals surface area contributed by atoms with Crippen LogP contribution in [0.3, 0.4) is 0 Å². The Labute approximate surface area is 193 Å². The molecule has 2 aromatic carbocycles. The fourth-order valence-electron chi connectivity index (χ4n) is 5.29. The van der Waals surface area contributed by atoms with E-state index in [0.717, 1.165) is 45.2 Å². The summed E-state index contributed by atoms with van der Waals surface area (Å²) in [5.41, 5.74) is 4.09. The van der Waals surface area contributed by atoms with Crippen LogP contribution in [0.25, 0.3) is 0 Å². The van der Waals surface area contributed by atoms with Gasteiger partial charge in [-0.05, 0) is 69.2 Å². The minimum absolute atomic E-state index is 0.694. The van der Waals surface area contributed by atoms with E-state index in [0.29, 0.717) is 12.1 Å². The van der Waals surface area contributed by atoms with E-state index in [2.05, 4.69) is 87.0 Å². The molecule has 5 nitrogen and oxygen atoms in total. The molecule has 2 saturated heterocycles. The summed E-state index contributed by atoms with van der Waals surface area (Å²) < 4.78 is 0. The monoisotopic (exact) mass is 433 g/mol. The van der Waals surface area contributed by atoms with Crippen molar-refractivity contribution in [2.75, 3.05) is 69.6 Å². The van der Waals surface area contributed by atoms with Crippen molar-refractivity contribution in [1.82, 2.24) is 15.1 Å². The fraction of sp³-hybridized carbons (Fsp3) is 0.556. The number of nitrogens with one attached hydrogen (secondary N) is 2. The number of piperazine rings is 1. The SMILES string of the molecule is CN1CCN(c2ccc(NCCN3CCC(N[C@@H]4C[C@H]4c4ccccc4)CC3)cc2)CC1. The number of nitrogens with zero attached hydrogens (tertiary/aromatic N) is 3. The summed E-state index contributed by atoms with van der Waals surface area (Å²) in [4.78, 5) is 7.51. The average Bonchev–Trinajstić information content (AvgIpc) is 3.61. The van der Waals surface area contributed by atoms with Crippen LogP contribution in [-0.4, -0.2) is 81.3 Å². The normalized spacial score (nSPS) is 25.1. The number of hydrogen-bond acceptors (Lipinski definition) is 5. The summed E-state index contributed by atoms with van der Waals surface area (Å²) >= 11 is 0. The van der Waals surface area contributed by atoms with Gasteiger partial charge in [-0.25, -0.2) is 0 Å². The molecule has 172 valence electrons. The first-order valence-electron chi connectivity index (χ1n) is 12.6. The van der Waals surface area contributed by atoms with Gasteiger partial charge in [-0.3, -0.25) is 0 Å². The zero-order valence-electron chi connectivity index (χ0n) is 19.5. The zero-order chi connectivity index (χ0) is 21.8. The molecule has 3 fully saturated rings. The fourth-order valence-corrected chi connectivity index (χ4v) is 5.29. The Hall–Kier alpha value is -2.08. The number of rotatable bonds is 8. The second-order valence-electron chi connectivity index (χ2n) is 9.91. The molecule has 2 N–H and O–H groups in total. The van der Waals surface area contributed by atoms with Gasteiger partial charge in [0.1, 0.15) is 0 Å². The standard InChI is InChI=1S/C27H39N5/c1-30-17-19-32(20-18-30)25-9-7-23(8-10-25)28-13-16-31-14-11-24(12-15-31)29-27-21-26(27)22-5-3-2-4-6-22/h2-10,24,26-29H,11-21H2,1H3/t26-,27+/m0/s1. The zero-order valence-corrected chi connectivity index (χ0v) is 19.5. The van der Waals surface area contributed by atoms with Crippen molar-refractivity contribution in [3.8, 4) is 0 Å². The lowest BCUT2D eigenvalue weighted by molar-refractivity contribution is 0.203. The van der Waals surface area contributed by atoms with Crippen LogP contribution in [0.5, 0.6) is 0 Å². The third-order valence-corrected chi connectivity index (χ3v) is 7.55. The lowest BCUT2D eigenvalue weighted by Gasteiger charge is -2.34. The first-order chi connectivity index (χ1) is 15.7. The number of benzene rings is 2. The van der Waals surface area contributed by atoms with Crippen LogP contribution in [0.15, 0.2) is 54.6 Å². The van der Waals surface area contributed by atoms with E-state index in [4.69, 9.17) is 0 Å². The quantitative estimate of drug-likeness (QED) is 0.666. The van der Waals surface area contributed by atoms with Crippen molar-refractivity contribution >= 4 is 11.4 Å². The van der Waals surface area contributed by atoms with Gasteiger partial charge in [-0.1, -0.05) is 30.3 Å². The second kappa shape index (κ2) is 10.2. The maximum Gasteiger partial charge on any atom is 0.0368 e. The molecular formula is C27H39N5. The molecule has 0 bridgehead atoms. The van der Waals surface area contributed by atoms with Gasteiger partial charge in [-0.15, -0.1) is 0 Å². The summed E-state index contributed by atoms with van der Waals surface area (Å²) in [6.45, 7) is 9.13. The summed E-state index contributed by atoms with van der Waals surface area (Å²) in [6, 6.07) is 21.4. The molecule has 2 aliphatic heterocycles. The summed E-state index contributed by atoms with van der Waals surface area (Å²) in [7, 11) is 2.21. The smallest absolute Gasteiger partial charge is 0.0368 e. The highest BCUT2D eigenvalue weighted by Crippen LogP contribution is 2.41. The predicted molar refractivity (Wildman–Crippen MR) is 135 cm³/mol. The van der Waals surface area contributed by atoms with E-state index < -0.39 is 0 Å². The Kier molecular flexibility index (Phi) is 6.96. The van der Waals surface area contributed by atoms with E-state index in [1.165, 1.54) is 49.3 Å². The highest BCUT2D eigenvalue weighted by molar-refractivity contribution is 5.55. The Bertz CT molecular complexity index is 823.